The van der Waals surface area contributed by atoms with E-state index in [1.807, 2.05) is 0 Å². The Labute approximate surface area is 126 Å². The number of hydrogen-bond acceptors (Lipinski definition) is 2. The molecular weight excluding hydrogens is 244 g/mol. The second kappa shape index (κ2) is 5.96. The van der Waals surface area contributed by atoms with Crippen molar-refractivity contribution in [2.45, 2.75) is 90.6 Å². The highest BCUT2D eigenvalue weighted by molar-refractivity contribution is 4.99. The van der Waals surface area contributed by atoms with E-state index in [4.69, 9.17) is 0 Å². The van der Waals surface area contributed by atoms with Crippen LogP contribution in [0, 0.1) is 5.41 Å². The first-order chi connectivity index (χ1) is 9.23. The molecule has 1 aliphatic heterocycles. The maximum absolute atomic E-state index is 3.92. The van der Waals surface area contributed by atoms with Crippen LogP contribution in [0.3, 0.4) is 0 Å². The quantitative estimate of drug-likeness (QED) is 0.815. The summed E-state index contributed by atoms with van der Waals surface area (Å²) in [5.74, 6) is 0. The molecule has 0 bridgehead atoms. The zero-order valence-electron chi connectivity index (χ0n) is 14.5. The monoisotopic (exact) mass is 280 g/mol. The van der Waals surface area contributed by atoms with E-state index in [1.54, 1.807) is 0 Å². The van der Waals surface area contributed by atoms with Crippen LogP contribution in [-0.4, -0.2) is 35.6 Å². The Balaban J connectivity index is 2.09. The first kappa shape index (κ1) is 16.3. The van der Waals surface area contributed by atoms with Gasteiger partial charge in [-0.15, -0.1) is 0 Å². The Morgan fingerprint density at radius 2 is 1.60 bits per heavy atom. The van der Waals surface area contributed by atoms with Crippen molar-refractivity contribution >= 4 is 0 Å². The molecule has 2 rings (SSSR count). The molecule has 2 heteroatoms. The summed E-state index contributed by atoms with van der Waals surface area (Å²) in [4.78, 5) is 2.80. The molecule has 2 fully saturated rings. The summed E-state index contributed by atoms with van der Waals surface area (Å²) in [5, 5.41) is 3.92. The topological polar surface area (TPSA) is 15.3 Å². The Bertz CT molecular complexity index is 308. The minimum atomic E-state index is 0.314. The fraction of sp³-hybridized carbons (Fsp3) is 1.00. The van der Waals surface area contributed by atoms with Gasteiger partial charge in [-0.05, 0) is 58.0 Å². The van der Waals surface area contributed by atoms with Gasteiger partial charge in [-0.2, -0.15) is 0 Å². The lowest BCUT2D eigenvalue weighted by Gasteiger charge is -2.47. The molecule has 2 aliphatic rings. The van der Waals surface area contributed by atoms with E-state index >= 15 is 0 Å². The average Bonchev–Trinajstić information content (AvgIpc) is 2.51. The maximum Gasteiger partial charge on any atom is 0.0309 e. The number of nitrogens with zero attached hydrogens (tertiary/aromatic N) is 1. The van der Waals surface area contributed by atoms with Crippen molar-refractivity contribution in [2.24, 2.45) is 5.41 Å². The molecule has 1 aliphatic carbocycles. The molecular formula is C18H36N2. The highest BCUT2D eigenvalue weighted by Crippen LogP contribution is 2.36. The first-order valence-electron chi connectivity index (χ1n) is 8.73. The molecule has 0 radical (unpaired) electrons. The van der Waals surface area contributed by atoms with Gasteiger partial charge in [0.2, 0.25) is 0 Å². The molecule has 2 nitrogen and oxygen atoms in total. The van der Waals surface area contributed by atoms with Crippen molar-refractivity contribution in [1.82, 2.24) is 10.2 Å². The molecule has 0 aromatic carbocycles. The van der Waals surface area contributed by atoms with Gasteiger partial charge in [0.15, 0.2) is 0 Å². The molecule has 1 heterocycles. The van der Waals surface area contributed by atoms with E-state index in [-0.39, 0.29) is 0 Å². The highest BCUT2D eigenvalue weighted by atomic mass is 15.2. The second-order valence-electron chi connectivity index (χ2n) is 9.09. The van der Waals surface area contributed by atoms with Crippen molar-refractivity contribution in [3.63, 3.8) is 0 Å². The first-order valence-corrected chi connectivity index (χ1v) is 8.73. The average molecular weight is 280 g/mol. The van der Waals surface area contributed by atoms with Crippen LogP contribution in [0.1, 0.15) is 79.6 Å². The summed E-state index contributed by atoms with van der Waals surface area (Å²) >= 11 is 0. The SMILES string of the molecule is CC(C)(C)CC(C)(C)N1CCCNC2(CCCCC2)C1. The molecule has 118 valence electrons. The molecule has 1 spiro atoms. The van der Waals surface area contributed by atoms with Crippen LogP contribution < -0.4 is 5.32 Å². The Morgan fingerprint density at radius 3 is 2.20 bits per heavy atom. The fourth-order valence-corrected chi connectivity index (χ4v) is 4.61. The third-order valence-electron chi connectivity index (χ3n) is 5.23. The zero-order valence-corrected chi connectivity index (χ0v) is 14.5. The third kappa shape index (κ3) is 4.21. The van der Waals surface area contributed by atoms with Crippen molar-refractivity contribution in [3.05, 3.63) is 0 Å². The molecule has 0 aromatic rings. The predicted octanol–water partition coefficient (Wildman–Crippen LogP) is 4.20. The third-order valence-corrected chi connectivity index (χ3v) is 5.23. The van der Waals surface area contributed by atoms with Gasteiger partial charge >= 0.3 is 0 Å². The summed E-state index contributed by atoms with van der Waals surface area (Å²) in [6, 6.07) is 0. The summed E-state index contributed by atoms with van der Waals surface area (Å²) in [5.41, 5.74) is 1.14. The van der Waals surface area contributed by atoms with Crippen LogP contribution >= 0.6 is 0 Å². The molecule has 1 saturated heterocycles. The predicted molar refractivity (Wildman–Crippen MR) is 88.2 cm³/mol. The van der Waals surface area contributed by atoms with Crippen molar-refractivity contribution < 1.29 is 0 Å². The number of hydrogen-bond donors (Lipinski definition) is 1. The largest absolute Gasteiger partial charge is 0.310 e. The Hall–Kier alpha value is -0.0800. The minimum absolute atomic E-state index is 0.314. The van der Waals surface area contributed by atoms with Crippen LogP contribution in [0.5, 0.6) is 0 Å². The summed E-state index contributed by atoms with van der Waals surface area (Å²) < 4.78 is 0. The zero-order chi connectivity index (χ0) is 14.9. The lowest BCUT2D eigenvalue weighted by Crippen LogP contribution is -2.57. The Morgan fingerprint density at radius 1 is 0.950 bits per heavy atom. The molecule has 0 aromatic heterocycles. The van der Waals surface area contributed by atoms with Gasteiger partial charge in [-0.25, -0.2) is 0 Å². The summed E-state index contributed by atoms with van der Waals surface area (Å²) in [6.45, 7) is 15.8. The van der Waals surface area contributed by atoms with Crippen LogP contribution in [0.15, 0.2) is 0 Å². The normalized spacial score (nSPS) is 25.6. The lowest BCUT2D eigenvalue weighted by atomic mass is 9.78. The lowest BCUT2D eigenvalue weighted by molar-refractivity contribution is 0.0491. The van der Waals surface area contributed by atoms with E-state index in [0.717, 1.165) is 0 Å². The molecule has 0 unspecified atom stereocenters. The highest BCUT2D eigenvalue weighted by Gasteiger charge is 2.40. The molecule has 1 N–H and O–H groups in total. The van der Waals surface area contributed by atoms with E-state index < -0.39 is 0 Å². The van der Waals surface area contributed by atoms with Gasteiger partial charge in [0.1, 0.15) is 0 Å². The summed E-state index contributed by atoms with van der Waals surface area (Å²) in [7, 11) is 0. The van der Waals surface area contributed by atoms with Crippen LogP contribution in [0.25, 0.3) is 0 Å². The molecule has 1 saturated carbocycles. The summed E-state index contributed by atoms with van der Waals surface area (Å²) in [6.07, 6.45) is 9.62. The molecule has 0 amide bonds. The van der Waals surface area contributed by atoms with Crippen molar-refractivity contribution in [2.75, 3.05) is 19.6 Å². The van der Waals surface area contributed by atoms with Gasteiger partial charge in [-0.3, -0.25) is 4.90 Å². The van der Waals surface area contributed by atoms with Gasteiger partial charge in [0, 0.05) is 17.6 Å². The fourth-order valence-electron chi connectivity index (χ4n) is 4.61. The molecule has 20 heavy (non-hydrogen) atoms. The van der Waals surface area contributed by atoms with Gasteiger partial charge in [-0.1, -0.05) is 40.0 Å². The van der Waals surface area contributed by atoms with E-state index in [9.17, 15) is 0 Å². The Kier molecular flexibility index (Phi) is 4.86. The minimum Gasteiger partial charge on any atom is -0.310 e. The van der Waals surface area contributed by atoms with Crippen LogP contribution in [-0.2, 0) is 0 Å². The van der Waals surface area contributed by atoms with Crippen LogP contribution in [0.4, 0.5) is 0 Å². The smallest absolute Gasteiger partial charge is 0.0309 e. The van der Waals surface area contributed by atoms with Crippen LogP contribution in [0.2, 0.25) is 0 Å². The van der Waals surface area contributed by atoms with E-state index in [1.165, 1.54) is 64.6 Å². The van der Waals surface area contributed by atoms with E-state index in [0.29, 0.717) is 16.5 Å². The standard InChI is InChI=1S/C18H36N2/c1-16(2,3)14-17(4,5)20-13-9-12-19-18(15-20)10-7-6-8-11-18/h19H,6-15H2,1-5H3. The van der Waals surface area contributed by atoms with Gasteiger partial charge < -0.3 is 5.32 Å². The number of rotatable bonds is 2. The maximum atomic E-state index is 3.92. The molecule has 0 atom stereocenters. The van der Waals surface area contributed by atoms with Crippen molar-refractivity contribution in [1.29, 1.82) is 0 Å². The number of nitrogens with one attached hydrogen (secondary N) is 1. The van der Waals surface area contributed by atoms with Crippen molar-refractivity contribution in [3.8, 4) is 0 Å². The van der Waals surface area contributed by atoms with Gasteiger partial charge in [0.25, 0.3) is 0 Å². The van der Waals surface area contributed by atoms with E-state index in [2.05, 4.69) is 44.8 Å². The second-order valence-corrected chi connectivity index (χ2v) is 9.09. The van der Waals surface area contributed by atoms with Gasteiger partial charge in [0.05, 0.1) is 0 Å².